The monoisotopic (exact) mass is 348 g/mol. The van der Waals surface area contributed by atoms with E-state index in [0.717, 1.165) is 43.4 Å². The van der Waals surface area contributed by atoms with E-state index in [0.29, 0.717) is 13.0 Å². The second-order valence-corrected chi connectivity index (χ2v) is 7.28. The van der Waals surface area contributed by atoms with Gasteiger partial charge in [-0.15, -0.1) is 0 Å². The molecule has 0 aliphatic carbocycles. The molecule has 2 aliphatic heterocycles. The van der Waals surface area contributed by atoms with E-state index < -0.39 is 5.54 Å². The summed E-state index contributed by atoms with van der Waals surface area (Å²) >= 11 is 0. The van der Waals surface area contributed by atoms with Gasteiger partial charge in [-0.1, -0.05) is 54.6 Å². The second kappa shape index (κ2) is 6.94. The predicted molar refractivity (Wildman–Crippen MR) is 102 cm³/mol. The molecule has 2 amide bonds. The van der Waals surface area contributed by atoms with Crippen molar-refractivity contribution >= 4 is 11.8 Å². The van der Waals surface area contributed by atoms with Crippen LogP contribution in [0, 0.1) is 0 Å². The molecule has 1 N–H and O–H groups in total. The molecule has 134 valence electrons. The average molecular weight is 348 g/mol. The third-order valence-electron chi connectivity index (χ3n) is 5.68. The summed E-state index contributed by atoms with van der Waals surface area (Å²) in [5.41, 5.74) is 2.71. The summed E-state index contributed by atoms with van der Waals surface area (Å²) in [7, 11) is 0. The molecule has 4 nitrogen and oxygen atoms in total. The Labute approximate surface area is 154 Å². The fraction of sp³-hybridized carbons (Fsp3) is 0.364. The summed E-state index contributed by atoms with van der Waals surface area (Å²) in [6.45, 7) is 1.41. The van der Waals surface area contributed by atoms with Gasteiger partial charge in [0.1, 0.15) is 5.54 Å². The zero-order valence-corrected chi connectivity index (χ0v) is 14.9. The van der Waals surface area contributed by atoms with E-state index in [2.05, 4.69) is 29.6 Å². The zero-order valence-electron chi connectivity index (χ0n) is 14.9. The van der Waals surface area contributed by atoms with Crippen molar-refractivity contribution in [1.82, 2.24) is 10.2 Å². The maximum absolute atomic E-state index is 12.9. The number of nitrogens with one attached hydrogen (secondary N) is 1. The summed E-state index contributed by atoms with van der Waals surface area (Å²) in [6.07, 6.45) is 3.78. The molecule has 2 heterocycles. The van der Waals surface area contributed by atoms with Gasteiger partial charge in [0.15, 0.2) is 0 Å². The molecule has 1 spiro atoms. The van der Waals surface area contributed by atoms with E-state index in [1.54, 1.807) is 0 Å². The Morgan fingerprint density at radius 1 is 0.962 bits per heavy atom. The second-order valence-electron chi connectivity index (χ2n) is 7.28. The lowest BCUT2D eigenvalue weighted by Gasteiger charge is -2.40. The Morgan fingerprint density at radius 2 is 1.65 bits per heavy atom. The molecule has 1 atom stereocenters. The van der Waals surface area contributed by atoms with Crippen molar-refractivity contribution in [1.29, 1.82) is 0 Å². The highest BCUT2D eigenvalue weighted by Gasteiger charge is 2.50. The molecular formula is C22H24N2O2. The molecule has 2 aliphatic rings. The van der Waals surface area contributed by atoms with Crippen LogP contribution in [-0.4, -0.2) is 35.3 Å². The van der Waals surface area contributed by atoms with Crippen LogP contribution in [0.5, 0.6) is 0 Å². The Morgan fingerprint density at radius 3 is 2.38 bits per heavy atom. The van der Waals surface area contributed by atoms with Crippen molar-refractivity contribution in [3.05, 3.63) is 60.2 Å². The van der Waals surface area contributed by atoms with Crippen LogP contribution in [0.2, 0.25) is 0 Å². The molecule has 2 aromatic carbocycles. The number of likely N-dealkylation sites (tertiary alicyclic amines) is 1. The van der Waals surface area contributed by atoms with Gasteiger partial charge in [-0.3, -0.25) is 9.59 Å². The number of nitrogens with zero attached hydrogens (tertiary/aromatic N) is 1. The molecule has 0 radical (unpaired) electrons. The van der Waals surface area contributed by atoms with Gasteiger partial charge in [0, 0.05) is 13.1 Å². The first kappa shape index (κ1) is 16.8. The van der Waals surface area contributed by atoms with Crippen LogP contribution in [0.1, 0.15) is 31.2 Å². The lowest BCUT2D eigenvalue weighted by molar-refractivity contribution is -0.146. The van der Waals surface area contributed by atoms with E-state index in [-0.39, 0.29) is 11.8 Å². The number of benzene rings is 2. The minimum absolute atomic E-state index is 0.0361. The highest BCUT2D eigenvalue weighted by Crippen LogP contribution is 2.36. The average Bonchev–Trinajstić information content (AvgIpc) is 3.10. The van der Waals surface area contributed by atoms with Gasteiger partial charge in [-0.05, 0) is 42.4 Å². The van der Waals surface area contributed by atoms with Crippen molar-refractivity contribution in [2.75, 3.05) is 13.1 Å². The summed E-state index contributed by atoms with van der Waals surface area (Å²) in [6, 6.07) is 18.4. The molecule has 1 unspecified atom stereocenters. The third-order valence-corrected chi connectivity index (χ3v) is 5.68. The Kier molecular flexibility index (Phi) is 4.49. The van der Waals surface area contributed by atoms with E-state index in [1.165, 1.54) is 5.56 Å². The fourth-order valence-electron chi connectivity index (χ4n) is 4.31. The van der Waals surface area contributed by atoms with E-state index >= 15 is 0 Å². The van der Waals surface area contributed by atoms with Gasteiger partial charge in [0.25, 0.3) is 0 Å². The van der Waals surface area contributed by atoms with Crippen LogP contribution in [0.15, 0.2) is 54.6 Å². The first-order valence-electron chi connectivity index (χ1n) is 9.42. The maximum Gasteiger partial charge on any atom is 0.245 e. The van der Waals surface area contributed by atoms with Crippen LogP contribution in [-0.2, 0) is 16.0 Å². The minimum atomic E-state index is -0.598. The first-order chi connectivity index (χ1) is 12.7. The number of hydrogen-bond acceptors (Lipinski definition) is 2. The van der Waals surface area contributed by atoms with Gasteiger partial charge < -0.3 is 10.2 Å². The summed E-state index contributed by atoms with van der Waals surface area (Å²) in [5, 5.41) is 2.96. The number of amides is 2. The van der Waals surface area contributed by atoms with Crippen molar-refractivity contribution in [2.45, 2.75) is 37.6 Å². The van der Waals surface area contributed by atoms with Crippen LogP contribution in [0.4, 0.5) is 0 Å². The van der Waals surface area contributed by atoms with Crippen molar-refractivity contribution in [3.8, 4) is 11.1 Å². The van der Waals surface area contributed by atoms with Crippen molar-refractivity contribution in [2.24, 2.45) is 0 Å². The van der Waals surface area contributed by atoms with Gasteiger partial charge in [0.05, 0.1) is 6.42 Å². The van der Waals surface area contributed by atoms with Crippen LogP contribution < -0.4 is 5.32 Å². The first-order valence-corrected chi connectivity index (χ1v) is 9.42. The topological polar surface area (TPSA) is 49.4 Å². The van der Waals surface area contributed by atoms with E-state index in [1.807, 2.05) is 35.2 Å². The molecule has 2 fully saturated rings. The fourth-order valence-corrected chi connectivity index (χ4v) is 4.31. The van der Waals surface area contributed by atoms with Crippen molar-refractivity contribution < 1.29 is 9.59 Å². The van der Waals surface area contributed by atoms with Crippen LogP contribution in [0.25, 0.3) is 11.1 Å². The number of piperidine rings is 1. The molecule has 2 saturated heterocycles. The molecule has 0 aromatic heterocycles. The standard InChI is InChI=1S/C22H24N2O2/c25-20(24-15-5-13-22(24)12-4-14-23-21(22)26)16-17-8-10-19(11-9-17)18-6-2-1-3-7-18/h1-3,6-11H,4-5,12-16H2,(H,23,26). The maximum atomic E-state index is 12.9. The third kappa shape index (κ3) is 3.00. The minimum Gasteiger partial charge on any atom is -0.354 e. The number of rotatable bonds is 3. The van der Waals surface area contributed by atoms with Gasteiger partial charge in [-0.2, -0.15) is 0 Å². The highest BCUT2D eigenvalue weighted by atomic mass is 16.2. The predicted octanol–water partition coefficient (Wildman–Crippen LogP) is 3.17. The number of carbonyl (C=O) groups is 2. The quantitative estimate of drug-likeness (QED) is 0.926. The van der Waals surface area contributed by atoms with Gasteiger partial charge in [-0.25, -0.2) is 0 Å². The molecule has 4 heteroatoms. The van der Waals surface area contributed by atoms with Gasteiger partial charge in [0.2, 0.25) is 11.8 Å². The number of carbonyl (C=O) groups excluding carboxylic acids is 2. The smallest absolute Gasteiger partial charge is 0.245 e. The summed E-state index contributed by atoms with van der Waals surface area (Å²) < 4.78 is 0. The highest BCUT2D eigenvalue weighted by molar-refractivity contribution is 5.93. The van der Waals surface area contributed by atoms with Gasteiger partial charge >= 0.3 is 0 Å². The van der Waals surface area contributed by atoms with Crippen LogP contribution >= 0.6 is 0 Å². The molecule has 2 aromatic rings. The SMILES string of the molecule is O=C(Cc1ccc(-c2ccccc2)cc1)N1CCCC12CCCNC2=O. The Hall–Kier alpha value is -2.62. The normalized spacial score (nSPS) is 22.5. The molecule has 4 rings (SSSR count). The Balaban J connectivity index is 1.48. The van der Waals surface area contributed by atoms with E-state index in [9.17, 15) is 9.59 Å². The van der Waals surface area contributed by atoms with E-state index in [4.69, 9.17) is 0 Å². The summed E-state index contributed by atoms with van der Waals surface area (Å²) in [5.74, 6) is 0.0982. The van der Waals surface area contributed by atoms with Crippen molar-refractivity contribution in [3.63, 3.8) is 0 Å². The Bertz CT molecular complexity index is 801. The zero-order chi connectivity index (χ0) is 18.0. The number of hydrogen-bond donors (Lipinski definition) is 1. The molecule has 0 saturated carbocycles. The molecule has 0 bridgehead atoms. The largest absolute Gasteiger partial charge is 0.354 e. The molecular weight excluding hydrogens is 324 g/mol. The lowest BCUT2D eigenvalue weighted by Crippen LogP contribution is -2.60. The summed E-state index contributed by atoms with van der Waals surface area (Å²) in [4.78, 5) is 27.3. The lowest BCUT2D eigenvalue weighted by atomic mass is 9.86. The van der Waals surface area contributed by atoms with Crippen LogP contribution in [0.3, 0.4) is 0 Å². The molecule has 26 heavy (non-hydrogen) atoms.